The van der Waals surface area contributed by atoms with E-state index in [2.05, 4.69) is 15.9 Å². The molecule has 0 atom stereocenters. The topological polar surface area (TPSA) is 57.1 Å². The highest BCUT2D eigenvalue weighted by Gasteiger charge is 2.08. The average molecular weight is 114 g/mol. The van der Waals surface area contributed by atoms with Gasteiger partial charge in [0.05, 0.1) is 0 Å². The molecule has 1 aliphatic rings. The molecule has 1 N–H and O–H groups in total. The van der Waals surface area contributed by atoms with Crippen molar-refractivity contribution in [2.24, 2.45) is 10.3 Å². The molecule has 0 saturated heterocycles. The number of rotatable bonds is 0. The summed E-state index contributed by atoms with van der Waals surface area (Å²) in [5.74, 6) is -0.0741. The van der Waals surface area contributed by atoms with Gasteiger partial charge >= 0.3 is 0 Å². The average Bonchev–Trinajstić information content (AvgIpc) is 2.12. The molecule has 0 aromatic carbocycles. The molecule has 0 radical (unpaired) electrons. The number of hydrogen-bond donors (Lipinski definition) is 1. The van der Waals surface area contributed by atoms with Crippen molar-refractivity contribution in [1.29, 1.82) is 0 Å². The fourth-order valence-corrected chi connectivity index (χ4v) is 0.382. The van der Waals surface area contributed by atoms with Crippen LogP contribution in [0.5, 0.6) is 0 Å². The predicted octanol–water partition coefficient (Wildman–Crippen LogP) is -0.322. The minimum absolute atomic E-state index is 0.0741. The molecule has 0 bridgehead atoms. The Balaban J connectivity index is 2.41. The molecular formula is C3H6N4O. The van der Waals surface area contributed by atoms with Crippen LogP contribution in [-0.4, -0.2) is 17.6 Å². The Kier molecular flexibility index (Phi) is 1.11. The first-order valence-electron chi connectivity index (χ1n) is 2.21. The van der Waals surface area contributed by atoms with E-state index in [-0.39, 0.29) is 5.91 Å². The predicted molar refractivity (Wildman–Crippen MR) is 25.4 cm³/mol. The van der Waals surface area contributed by atoms with Crippen LogP contribution in [0.2, 0.25) is 0 Å². The zero-order valence-corrected chi connectivity index (χ0v) is 4.46. The van der Waals surface area contributed by atoms with Crippen LogP contribution in [0.1, 0.15) is 6.92 Å². The normalized spacial score (nSPS) is 16.4. The Bertz CT molecular complexity index is 123. The third kappa shape index (κ3) is 0.749. The highest BCUT2D eigenvalue weighted by molar-refractivity contribution is 5.72. The van der Waals surface area contributed by atoms with Gasteiger partial charge in [0.25, 0.3) is 0 Å². The second kappa shape index (κ2) is 1.77. The molecule has 5 heteroatoms. The van der Waals surface area contributed by atoms with E-state index in [1.165, 1.54) is 11.9 Å². The smallest absolute Gasteiger partial charge is 0.240 e. The van der Waals surface area contributed by atoms with Gasteiger partial charge < -0.3 is 0 Å². The second-order valence-corrected chi connectivity index (χ2v) is 1.43. The SMILES string of the molecule is CC(=O)N1CN=NN1. The quantitative estimate of drug-likeness (QED) is 0.469. The van der Waals surface area contributed by atoms with Crippen molar-refractivity contribution in [3.63, 3.8) is 0 Å². The third-order valence-corrected chi connectivity index (χ3v) is 0.821. The van der Waals surface area contributed by atoms with Gasteiger partial charge in [0, 0.05) is 6.92 Å². The summed E-state index contributed by atoms with van der Waals surface area (Å²) in [5, 5.41) is 8.18. The maximum absolute atomic E-state index is 10.4. The van der Waals surface area contributed by atoms with Gasteiger partial charge in [0.15, 0.2) is 6.67 Å². The van der Waals surface area contributed by atoms with Crippen molar-refractivity contribution in [2.75, 3.05) is 6.67 Å². The van der Waals surface area contributed by atoms with Gasteiger partial charge in [0.2, 0.25) is 5.91 Å². The number of nitrogens with one attached hydrogen (secondary N) is 1. The number of hydrazine groups is 1. The molecule has 0 aliphatic carbocycles. The fourth-order valence-electron chi connectivity index (χ4n) is 0.382. The summed E-state index contributed by atoms with van der Waals surface area (Å²) in [5.41, 5.74) is 2.40. The van der Waals surface area contributed by atoms with Crippen molar-refractivity contribution >= 4 is 5.91 Å². The molecule has 44 valence electrons. The van der Waals surface area contributed by atoms with Gasteiger partial charge in [-0.25, -0.2) is 5.01 Å². The Labute approximate surface area is 46.3 Å². The summed E-state index contributed by atoms with van der Waals surface area (Å²) in [7, 11) is 0. The number of nitrogens with zero attached hydrogens (tertiary/aromatic N) is 3. The molecule has 0 saturated carbocycles. The van der Waals surface area contributed by atoms with Crippen LogP contribution < -0.4 is 5.53 Å². The molecule has 1 heterocycles. The lowest BCUT2D eigenvalue weighted by atomic mass is 10.7. The lowest BCUT2D eigenvalue weighted by Gasteiger charge is -2.07. The minimum Gasteiger partial charge on any atom is -0.273 e. The number of amides is 1. The van der Waals surface area contributed by atoms with E-state index < -0.39 is 0 Å². The molecule has 0 aromatic rings. The van der Waals surface area contributed by atoms with E-state index in [0.717, 1.165) is 0 Å². The van der Waals surface area contributed by atoms with Crippen LogP contribution in [0, 0.1) is 0 Å². The molecule has 1 rings (SSSR count). The first kappa shape index (κ1) is 5.02. The zero-order valence-electron chi connectivity index (χ0n) is 4.46. The third-order valence-electron chi connectivity index (χ3n) is 0.821. The Morgan fingerprint density at radius 3 is 2.88 bits per heavy atom. The highest BCUT2D eigenvalue weighted by atomic mass is 16.2. The summed E-state index contributed by atoms with van der Waals surface area (Å²) < 4.78 is 0. The highest BCUT2D eigenvalue weighted by Crippen LogP contribution is 1.91. The minimum atomic E-state index is -0.0741. The molecular weight excluding hydrogens is 108 g/mol. The molecule has 0 unspecified atom stereocenters. The van der Waals surface area contributed by atoms with Crippen molar-refractivity contribution in [2.45, 2.75) is 6.92 Å². The van der Waals surface area contributed by atoms with Gasteiger partial charge in [-0.15, -0.1) is 5.11 Å². The summed E-state index contributed by atoms with van der Waals surface area (Å²) in [6.45, 7) is 1.78. The number of carbonyl (C=O) groups excluding carboxylic acids is 1. The van der Waals surface area contributed by atoms with E-state index >= 15 is 0 Å². The van der Waals surface area contributed by atoms with E-state index in [9.17, 15) is 4.79 Å². The Morgan fingerprint density at radius 2 is 2.62 bits per heavy atom. The van der Waals surface area contributed by atoms with Crippen molar-refractivity contribution < 1.29 is 4.79 Å². The number of carbonyl (C=O) groups is 1. The standard InChI is InChI=1S/C3H6N4O/c1-3(8)7-2-4-5-6-7/h2H2,1H3,(H,4,6). The van der Waals surface area contributed by atoms with Crippen LogP contribution >= 0.6 is 0 Å². The van der Waals surface area contributed by atoms with Crippen LogP contribution in [0.25, 0.3) is 0 Å². The second-order valence-electron chi connectivity index (χ2n) is 1.43. The molecule has 1 amide bonds. The number of hydrogen-bond acceptors (Lipinski definition) is 4. The Morgan fingerprint density at radius 1 is 1.88 bits per heavy atom. The van der Waals surface area contributed by atoms with Crippen molar-refractivity contribution in [3.05, 3.63) is 0 Å². The molecule has 0 spiro atoms. The van der Waals surface area contributed by atoms with Gasteiger partial charge in [0.1, 0.15) is 0 Å². The van der Waals surface area contributed by atoms with Crippen molar-refractivity contribution in [3.8, 4) is 0 Å². The van der Waals surface area contributed by atoms with Gasteiger partial charge in [-0.2, -0.15) is 5.53 Å². The van der Waals surface area contributed by atoms with Crippen LogP contribution in [0.4, 0.5) is 0 Å². The van der Waals surface area contributed by atoms with Crippen LogP contribution in [-0.2, 0) is 4.79 Å². The van der Waals surface area contributed by atoms with Gasteiger partial charge in [-0.3, -0.25) is 4.79 Å². The lowest BCUT2D eigenvalue weighted by molar-refractivity contribution is -0.130. The first-order chi connectivity index (χ1) is 3.80. The largest absolute Gasteiger partial charge is 0.273 e. The monoisotopic (exact) mass is 114 g/mol. The van der Waals surface area contributed by atoms with Crippen LogP contribution in [0.3, 0.4) is 0 Å². The van der Waals surface area contributed by atoms with Crippen molar-refractivity contribution in [1.82, 2.24) is 10.5 Å². The van der Waals surface area contributed by atoms with Gasteiger partial charge in [-0.05, 0) is 0 Å². The maximum Gasteiger partial charge on any atom is 0.240 e. The zero-order chi connectivity index (χ0) is 5.98. The molecule has 0 aromatic heterocycles. The van der Waals surface area contributed by atoms with Gasteiger partial charge in [-0.1, -0.05) is 5.22 Å². The summed E-state index contributed by atoms with van der Waals surface area (Å²) >= 11 is 0. The molecule has 0 fully saturated rings. The summed E-state index contributed by atoms with van der Waals surface area (Å²) in [6, 6.07) is 0. The van der Waals surface area contributed by atoms with E-state index in [4.69, 9.17) is 0 Å². The van der Waals surface area contributed by atoms with E-state index in [0.29, 0.717) is 6.67 Å². The van der Waals surface area contributed by atoms with Crippen LogP contribution in [0.15, 0.2) is 10.3 Å². The first-order valence-corrected chi connectivity index (χ1v) is 2.21. The maximum atomic E-state index is 10.4. The molecule has 8 heavy (non-hydrogen) atoms. The van der Waals surface area contributed by atoms with E-state index in [1.54, 1.807) is 0 Å². The summed E-state index contributed by atoms with van der Waals surface area (Å²) in [6.07, 6.45) is 0. The Hall–Kier alpha value is -1.13. The summed E-state index contributed by atoms with van der Waals surface area (Å²) in [4.78, 5) is 10.4. The lowest BCUT2D eigenvalue weighted by Crippen LogP contribution is -2.33. The molecule has 1 aliphatic heterocycles. The van der Waals surface area contributed by atoms with E-state index in [1.807, 2.05) is 0 Å². The fraction of sp³-hybridized carbons (Fsp3) is 0.667. The molecule has 5 nitrogen and oxygen atoms in total.